The number of hydrogen-bond acceptors (Lipinski definition) is 6. The number of azo groups is 1. The van der Waals surface area contributed by atoms with Gasteiger partial charge in [-0.2, -0.15) is 10.4 Å². The molecule has 8 heteroatoms. The van der Waals surface area contributed by atoms with Crippen molar-refractivity contribution in [1.82, 2.24) is 14.9 Å². The number of aromatic nitrogens is 2. The van der Waals surface area contributed by atoms with E-state index < -0.39 is 0 Å². The van der Waals surface area contributed by atoms with Crippen molar-refractivity contribution in [3.8, 4) is 17.5 Å². The minimum Gasteiger partial charge on any atom is -0.477 e. The van der Waals surface area contributed by atoms with Crippen molar-refractivity contribution in [3.63, 3.8) is 0 Å². The smallest absolute Gasteiger partial charge is 0.332 e. The SMILES string of the molecule is N#CCOc1ccccc1-n1c2c([nH]c1=O)N=NC1NC=CC21. The first-order chi connectivity index (χ1) is 11.3. The summed E-state index contributed by atoms with van der Waals surface area (Å²) in [6, 6.07) is 9.03. The van der Waals surface area contributed by atoms with Crippen LogP contribution in [-0.2, 0) is 0 Å². The molecule has 0 amide bonds. The van der Waals surface area contributed by atoms with Gasteiger partial charge in [0.1, 0.15) is 11.8 Å². The zero-order valence-corrected chi connectivity index (χ0v) is 11.9. The molecule has 23 heavy (non-hydrogen) atoms. The molecule has 4 rings (SSSR count). The van der Waals surface area contributed by atoms with Crippen LogP contribution in [0.25, 0.3) is 5.69 Å². The lowest BCUT2D eigenvalue weighted by Gasteiger charge is -2.21. The summed E-state index contributed by atoms with van der Waals surface area (Å²) in [5.41, 5.74) is 0.980. The van der Waals surface area contributed by atoms with E-state index in [1.807, 2.05) is 24.4 Å². The molecule has 0 fully saturated rings. The molecule has 2 N–H and O–H groups in total. The predicted octanol–water partition coefficient (Wildman–Crippen LogP) is 1.69. The fourth-order valence-electron chi connectivity index (χ4n) is 2.87. The summed E-state index contributed by atoms with van der Waals surface area (Å²) >= 11 is 0. The minimum absolute atomic E-state index is 0.0917. The summed E-state index contributed by atoms with van der Waals surface area (Å²) in [6.07, 6.45) is 3.55. The van der Waals surface area contributed by atoms with E-state index in [1.165, 1.54) is 4.57 Å². The number of benzene rings is 1. The standard InChI is InChI=1S/C15H12N6O2/c16-6-8-23-11-4-2-1-3-10(11)21-12-9-5-7-17-13(9)19-20-14(12)18-15(21)22/h1-5,7,9,13,17H,8H2,(H,18,22). The average Bonchev–Trinajstić information content (AvgIpc) is 3.16. The number of imidazole rings is 1. The number of aromatic amines is 1. The second-order valence-electron chi connectivity index (χ2n) is 5.13. The fourth-order valence-corrected chi connectivity index (χ4v) is 2.87. The van der Waals surface area contributed by atoms with E-state index in [4.69, 9.17) is 10.00 Å². The van der Waals surface area contributed by atoms with Gasteiger partial charge in [-0.1, -0.05) is 18.2 Å². The molecule has 1 aromatic carbocycles. The van der Waals surface area contributed by atoms with Crippen LogP contribution in [-0.4, -0.2) is 22.3 Å². The highest BCUT2D eigenvalue weighted by molar-refractivity contribution is 5.53. The molecule has 0 aliphatic carbocycles. The molecular formula is C15H12N6O2. The fraction of sp³-hybridized carbons (Fsp3) is 0.200. The Hall–Kier alpha value is -3.34. The maximum Gasteiger partial charge on any atom is 0.332 e. The Kier molecular flexibility index (Phi) is 2.98. The number of nitrogens with zero attached hydrogens (tertiary/aromatic N) is 4. The van der Waals surface area contributed by atoms with Gasteiger partial charge in [-0.05, 0) is 18.3 Å². The van der Waals surface area contributed by atoms with Crippen molar-refractivity contribution >= 4 is 5.82 Å². The molecule has 2 aliphatic rings. The number of fused-ring (bicyclic) bond motifs is 3. The van der Waals surface area contributed by atoms with Gasteiger partial charge in [0, 0.05) is 0 Å². The van der Waals surface area contributed by atoms with E-state index in [1.54, 1.807) is 18.2 Å². The average molecular weight is 308 g/mol. The van der Waals surface area contributed by atoms with Crippen molar-refractivity contribution in [2.24, 2.45) is 10.2 Å². The van der Waals surface area contributed by atoms with E-state index in [2.05, 4.69) is 20.5 Å². The monoisotopic (exact) mass is 308 g/mol. The summed E-state index contributed by atoms with van der Waals surface area (Å²) in [7, 11) is 0. The Morgan fingerprint density at radius 3 is 3.13 bits per heavy atom. The Morgan fingerprint density at radius 1 is 1.39 bits per heavy atom. The van der Waals surface area contributed by atoms with Crippen LogP contribution >= 0.6 is 0 Å². The van der Waals surface area contributed by atoms with Crippen molar-refractivity contribution in [2.45, 2.75) is 12.1 Å². The topological polar surface area (TPSA) is 108 Å². The first-order valence-electron chi connectivity index (χ1n) is 7.07. The van der Waals surface area contributed by atoms with Crippen LogP contribution < -0.4 is 15.7 Å². The van der Waals surface area contributed by atoms with Crippen molar-refractivity contribution < 1.29 is 4.74 Å². The number of nitrogens with one attached hydrogen (secondary N) is 2. The normalized spacial score (nSPS) is 20.5. The number of ether oxygens (including phenoxy) is 1. The molecule has 8 nitrogen and oxygen atoms in total. The summed E-state index contributed by atoms with van der Waals surface area (Å²) in [6.45, 7) is -0.0917. The third-order valence-corrected chi connectivity index (χ3v) is 3.82. The maximum absolute atomic E-state index is 12.5. The van der Waals surface area contributed by atoms with Gasteiger partial charge in [-0.15, -0.1) is 5.11 Å². The predicted molar refractivity (Wildman–Crippen MR) is 80.8 cm³/mol. The molecule has 0 saturated heterocycles. The van der Waals surface area contributed by atoms with E-state index in [-0.39, 0.29) is 24.4 Å². The van der Waals surface area contributed by atoms with Crippen molar-refractivity contribution in [3.05, 3.63) is 52.7 Å². The molecule has 0 saturated carbocycles. The van der Waals surface area contributed by atoms with Crippen LogP contribution in [0.1, 0.15) is 11.6 Å². The van der Waals surface area contributed by atoms with Gasteiger partial charge in [0.2, 0.25) is 0 Å². The number of nitriles is 1. The van der Waals surface area contributed by atoms with Crippen LogP contribution in [0.15, 0.2) is 51.6 Å². The van der Waals surface area contributed by atoms with Gasteiger partial charge in [-0.3, -0.25) is 9.55 Å². The van der Waals surface area contributed by atoms with Gasteiger partial charge in [0.25, 0.3) is 0 Å². The minimum atomic E-state index is -0.317. The van der Waals surface area contributed by atoms with Crippen LogP contribution in [0.4, 0.5) is 5.82 Å². The zero-order chi connectivity index (χ0) is 15.8. The van der Waals surface area contributed by atoms with Gasteiger partial charge in [0.05, 0.1) is 17.3 Å². The van der Waals surface area contributed by atoms with E-state index in [9.17, 15) is 4.79 Å². The van der Waals surface area contributed by atoms with Gasteiger partial charge in [-0.25, -0.2) is 4.79 Å². The van der Waals surface area contributed by atoms with Gasteiger partial charge < -0.3 is 10.1 Å². The summed E-state index contributed by atoms with van der Waals surface area (Å²) in [4.78, 5) is 15.2. The number of H-pyrrole nitrogens is 1. The van der Waals surface area contributed by atoms with E-state index in [0.717, 1.165) is 5.69 Å². The summed E-state index contributed by atoms with van der Waals surface area (Å²) < 4.78 is 6.98. The molecular weight excluding hydrogens is 296 g/mol. The molecule has 0 radical (unpaired) electrons. The van der Waals surface area contributed by atoms with Crippen LogP contribution in [0.2, 0.25) is 0 Å². The number of hydrogen-bond donors (Lipinski definition) is 2. The molecule has 0 bridgehead atoms. The zero-order valence-electron chi connectivity index (χ0n) is 11.9. The molecule has 2 unspecified atom stereocenters. The highest BCUT2D eigenvalue weighted by Gasteiger charge is 2.35. The molecule has 2 atom stereocenters. The van der Waals surface area contributed by atoms with Crippen LogP contribution in [0, 0.1) is 11.3 Å². The maximum atomic E-state index is 12.5. The molecule has 114 valence electrons. The Labute approximate surface area is 130 Å². The second-order valence-corrected chi connectivity index (χ2v) is 5.13. The third kappa shape index (κ3) is 2.02. The highest BCUT2D eigenvalue weighted by atomic mass is 16.5. The molecule has 0 spiro atoms. The van der Waals surface area contributed by atoms with Gasteiger partial charge in [0.15, 0.2) is 18.6 Å². The first kappa shape index (κ1) is 13.3. The summed E-state index contributed by atoms with van der Waals surface area (Å²) in [5, 5.41) is 20.1. The van der Waals surface area contributed by atoms with E-state index in [0.29, 0.717) is 17.3 Å². The lowest BCUT2D eigenvalue weighted by atomic mass is 10.0. The van der Waals surface area contributed by atoms with Crippen LogP contribution in [0.5, 0.6) is 5.75 Å². The quantitative estimate of drug-likeness (QED) is 0.899. The van der Waals surface area contributed by atoms with Crippen molar-refractivity contribution in [2.75, 3.05) is 6.61 Å². The number of para-hydroxylation sites is 2. The highest BCUT2D eigenvalue weighted by Crippen LogP contribution is 2.38. The van der Waals surface area contributed by atoms with Gasteiger partial charge >= 0.3 is 5.69 Å². The van der Waals surface area contributed by atoms with E-state index >= 15 is 0 Å². The lowest BCUT2D eigenvalue weighted by molar-refractivity contribution is 0.366. The van der Waals surface area contributed by atoms with Crippen molar-refractivity contribution in [1.29, 1.82) is 5.26 Å². The summed E-state index contributed by atoms with van der Waals surface area (Å²) in [5.74, 6) is 0.817. The first-order valence-corrected chi connectivity index (χ1v) is 7.07. The number of rotatable bonds is 3. The Morgan fingerprint density at radius 2 is 2.26 bits per heavy atom. The molecule has 1 aromatic heterocycles. The Balaban J connectivity index is 1.91. The molecule has 2 aliphatic heterocycles. The van der Waals surface area contributed by atoms with Crippen LogP contribution in [0.3, 0.4) is 0 Å². The Bertz CT molecular complexity index is 917. The molecule has 2 aromatic rings. The third-order valence-electron chi connectivity index (χ3n) is 3.82. The molecule has 3 heterocycles. The lowest BCUT2D eigenvalue weighted by Crippen LogP contribution is -2.27. The largest absolute Gasteiger partial charge is 0.477 e. The second kappa shape index (κ2) is 5.14.